The van der Waals surface area contributed by atoms with E-state index in [4.69, 9.17) is 10.2 Å². The zero-order valence-electron chi connectivity index (χ0n) is 7.60. The molecule has 0 aliphatic rings. The lowest BCUT2D eigenvalue weighted by atomic mass is 10.0. The summed E-state index contributed by atoms with van der Waals surface area (Å²) < 4.78 is 72.2. The van der Waals surface area contributed by atoms with Gasteiger partial charge in [0.05, 0.1) is 12.2 Å². The fraction of sp³-hybridized carbons (Fsp3) is 1.00. The maximum absolute atomic E-state index is 12.6. The zero-order chi connectivity index (χ0) is 12.4. The highest BCUT2D eigenvalue weighted by atomic mass is 19.4. The summed E-state index contributed by atoms with van der Waals surface area (Å²) in [7, 11) is 0. The van der Waals surface area contributed by atoms with Gasteiger partial charge in [0, 0.05) is 6.42 Å². The van der Waals surface area contributed by atoms with E-state index >= 15 is 0 Å². The topological polar surface area (TPSA) is 40.5 Å². The molecule has 3 unspecified atom stereocenters. The molecule has 0 aromatic heterocycles. The van der Waals surface area contributed by atoms with E-state index in [0.717, 1.165) is 6.92 Å². The Labute approximate surface area is 81.5 Å². The number of aliphatic hydroxyl groups is 2. The van der Waals surface area contributed by atoms with Crippen LogP contribution in [0.2, 0.25) is 0 Å². The number of aliphatic hydroxyl groups excluding tert-OH is 2. The van der Waals surface area contributed by atoms with Gasteiger partial charge in [-0.15, -0.1) is 0 Å². The first-order valence-electron chi connectivity index (χ1n) is 3.93. The van der Waals surface area contributed by atoms with Crippen LogP contribution in [0, 0.1) is 0 Å². The molecule has 0 aromatic rings. The molecule has 15 heavy (non-hydrogen) atoms. The Kier molecular flexibility index (Phi) is 4.41. The van der Waals surface area contributed by atoms with Crippen molar-refractivity contribution in [1.29, 1.82) is 0 Å². The van der Waals surface area contributed by atoms with Crippen LogP contribution in [0.1, 0.15) is 13.3 Å². The predicted molar refractivity (Wildman–Crippen MR) is 38.2 cm³/mol. The monoisotopic (exact) mass is 240 g/mol. The lowest BCUT2D eigenvalue weighted by molar-refractivity contribution is -0.251. The van der Waals surface area contributed by atoms with Crippen molar-refractivity contribution in [3.05, 3.63) is 0 Å². The summed E-state index contributed by atoms with van der Waals surface area (Å²) in [6.07, 6.45) is -15.6. The first-order valence-corrected chi connectivity index (χ1v) is 3.93. The number of alkyl halides is 6. The van der Waals surface area contributed by atoms with Gasteiger partial charge in [0.2, 0.25) is 0 Å². The Morgan fingerprint density at radius 2 is 1.47 bits per heavy atom. The van der Waals surface area contributed by atoms with E-state index in [1.807, 2.05) is 0 Å². The van der Waals surface area contributed by atoms with E-state index in [1.165, 1.54) is 0 Å². The van der Waals surface area contributed by atoms with Crippen LogP contribution in [0.15, 0.2) is 0 Å². The third kappa shape index (κ3) is 4.25. The molecule has 0 aromatic carbocycles. The molecule has 2 N–H and O–H groups in total. The van der Waals surface area contributed by atoms with E-state index in [0.29, 0.717) is 0 Å². The summed E-state index contributed by atoms with van der Waals surface area (Å²) in [5.41, 5.74) is 0. The molecule has 0 saturated heterocycles. The van der Waals surface area contributed by atoms with E-state index in [2.05, 4.69) is 0 Å². The van der Waals surface area contributed by atoms with E-state index in [-0.39, 0.29) is 0 Å². The Morgan fingerprint density at radius 1 is 1.07 bits per heavy atom. The summed E-state index contributed by atoms with van der Waals surface area (Å²) >= 11 is 0. The Hall–Kier alpha value is -0.500. The second-order valence-electron chi connectivity index (χ2n) is 3.18. The normalized spacial score (nSPS) is 19.8. The van der Waals surface area contributed by atoms with Crippen LogP contribution in [0.3, 0.4) is 0 Å². The maximum atomic E-state index is 12.6. The molecular weight excluding hydrogens is 230 g/mol. The third-order valence-corrected chi connectivity index (χ3v) is 1.70. The summed E-state index contributed by atoms with van der Waals surface area (Å²) in [5, 5.41) is 17.3. The maximum Gasteiger partial charge on any atom is 0.425 e. The van der Waals surface area contributed by atoms with Gasteiger partial charge >= 0.3 is 6.18 Å². The zero-order valence-corrected chi connectivity index (χ0v) is 7.60. The van der Waals surface area contributed by atoms with Crippen LogP contribution >= 0.6 is 0 Å². The fourth-order valence-corrected chi connectivity index (χ4v) is 0.792. The lowest BCUT2D eigenvalue weighted by Gasteiger charge is -2.25. The van der Waals surface area contributed by atoms with Crippen LogP contribution in [-0.4, -0.2) is 40.7 Å². The standard InChI is InChI=1S/C7H10F6O2/c1-3(14)4(15)2-6(9,10)5(8)7(11,12)13/h3-5,14-15H,2H2,1H3. The van der Waals surface area contributed by atoms with Crippen molar-refractivity contribution in [2.75, 3.05) is 0 Å². The van der Waals surface area contributed by atoms with Crippen molar-refractivity contribution >= 4 is 0 Å². The van der Waals surface area contributed by atoms with E-state index in [9.17, 15) is 26.3 Å². The number of hydrogen-bond donors (Lipinski definition) is 2. The average molecular weight is 240 g/mol. The fourth-order valence-electron chi connectivity index (χ4n) is 0.792. The third-order valence-electron chi connectivity index (χ3n) is 1.70. The van der Waals surface area contributed by atoms with Crippen LogP contribution in [0.25, 0.3) is 0 Å². The van der Waals surface area contributed by atoms with E-state index in [1.54, 1.807) is 0 Å². The Morgan fingerprint density at radius 3 is 1.73 bits per heavy atom. The molecule has 0 radical (unpaired) electrons. The van der Waals surface area contributed by atoms with Gasteiger partial charge in [-0.1, -0.05) is 0 Å². The van der Waals surface area contributed by atoms with Crippen LogP contribution < -0.4 is 0 Å². The van der Waals surface area contributed by atoms with Gasteiger partial charge in [0.1, 0.15) is 0 Å². The highest BCUT2D eigenvalue weighted by molar-refractivity contribution is 4.86. The minimum atomic E-state index is -5.69. The molecule has 0 bridgehead atoms. The first kappa shape index (κ1) is 14.5. The van der Waals surface area contributed by atoms with Crippen LogP contribution in [0.4, 0.5) is 26.3 Å². The lowest BCUT2D eigenvalue weighted by Crippen LogP contribution is -2.45. The second kappa shape index (κ2) is 4.56. The van der Waals surface area contributed by atoms with Crippen molar-refractivity contribution in [3.8, 4) is 0 Å². The molecule has 0 spiro atoms. The molecule has 3 atom stereocenters. The van der Waals surface area contributed by atoms with Gasteiger partial charge < -0.3 is 10.2 Å². The van der Waals surface area contributed by atoms with Gasteiger partial charge in [0.25, 0.3) is 12.1 Å². The second-order valence-corrected chi connectivity index (χ2v) is 3.18. The number of halogens is 6. The molecule has 0 aliphatic carbocycles. The van der Waals surface area contributed by atoms with Crippen molar-refractivity contribution in [2.45, 2.75) is 43.8 Å². The largest absolute Gasteiger partial charge is 0.425 e. The summed E-state index contributed by atoms with van der Waals surface area (Å²) in [6, 6.07) is 0. The number of hydrogen-bond acceptors (Lipinski definition) is 2. The molecule has 92 valence electrons. The number of rotatable bonds is 4. The highest BCUT2D eigenvalue weighted by Crippen LogP contribution is 2.37. The van der Waals surface area contributed by atoms with Gasteiger partial charge in [0.15, 0.2) is 0 Å². The quantitative estimate of drug-likeness (QED) is 0.733. The van der Waals surface area contributed by atoms with E-state index < -0.39 is 36.9 Å². The summed E-state index contributed by atoms with van der Waals surface area (Å²) in [5.74, 6) is -4.76. The van der Waals surface area contributed by atoms with Crippen molar-refractivity contribution in [2.24, 2.45) is 0 Å². The average Bonchev–Trinajstić information content (AvgIpc) is 2.00. The SMILES string of the molecule is CC(O)C(O)CC(F)(F)C(F)C(F)(F)F. The van der Waals surface area contributed by atoms with Crippen molar-refractivity contribution in [1.82, 2.24) is 0 Å². The molecule has 0 heterocycles. The molecule has 0 saturated carbocycles. The molecule has 0 amide bonds. The molecule has 0 rings (SSSR count). The van der Waals surface area contributed by atoms with Gasteiger partial charge in [-0.2, -0.15) is 13.2 Å². The Balaban J connectivity index is 4.55. The molecule has 0 fully saturated rings. The Bertz CT molecular complexity index is 202. The minimum Gasteiger partial charge on any atom is -0.391 e. The first-order chi connectivity index (χ1) is 6.48. The van der Waals surface area contributed by atoms with Crippen LogP contribution in [-0.2, 0) is 0 Å². The molecule has 8 heteroatoms. The molecule has 0 aliphatic heterocycles. The molecule has 2 nitrogen and oxygen atoms in total. The summed E-state index contributed by atoms with van der Waals surface area (Å²) in [6.45, 7) is 0.904. The predicted octanol–water partition coefficient (Wildman–Crippen LogP) is 1.65. The highest BCUT2D eigenvalue weighted by Gasteiger charge is 2.57. The van der Waals surface area contributed by atoms with Gasteiger partial charge in [-0.25, -0.2) is 13.2 Å². The van der Waals surface area contributed by atoms with Crippen molar-refractivity contribution in [3.63, 3.8) is 0 Å². The molecular formula is C7H10F6O2. The van der Waals surface area contributed by atoms with Crippen molar-refractivity contribution < 1.29 is 36.6 Å². The summed E-state index contributed by atoms with van der Waals surface area (Å²) in [4.78, 5) is 0. The van der Waals surface area contributed by atoms with Crippen LogP contribution in [0.5, 0.6) is 0 Å². The van der Waals surface area contributed by atoms with Gasteiger partial charge in [-0.05, 0) is 6.92 Å². The smallest absolute Gasteiger partial charge is 0.391 e. The minimum absolute atomic E-state index is 0.904. The van der Waals surface area contributed by atoms with Gasteiger partial charge in [-0.3, -0.25) is 0 Å².